The van der Waals surface area contributed by atoms with Gasteiger partial charge in [0.2, 0.25) is 5.75 Å². The lowest BCUT2D eigenvalue weighted by Crippen LogP contribution is -2.43. The van der Waals surface area contributed by atoms with Crippen LogP contribution in [-0.2, 0) is 0 Å². The zero-order chi connectivity index (χ0) is 28.1. The topological polar surface area (TPSA) is 75.9 Å². The Morgan fingerprint density at radius 1 is 0.974 bits per heavy atom. The standard InChI is InChI=1S/C28H37N3O5.C2H6/c1-17-23(28(32)33)15-22-12-20(19-13-24(34-5)27(36-7)25(14-19)35-6)16-31(22)26(17)18(2)30-10-8-21(9-11-30)29(3)4;1-2/h12-16,18,21H,8-11H2,1-7H3,(H,32,33);1-2H3. The summed E-state index contributed by atoms with van der Waals surface area (Å²) in [5, 5.41) is 9.98. The van der Waals surface area contributed by atoms with E-state index in [9.17, 15) is 9.90 Å². The molecule has 208 valence electrons. The Kier molecular flexibility index (Phi) is 9.68. The predicted octanol–water partition coefficient (Wildman–Crippen LogP) is 5.75. The number of hydrogen-bond acceptors (Lipinski definition) is 6. The van der Waals surface area contributed by atoms with Crippen molar-refractivity contribution in [3.8, 4) is 28.4 Å². The van der Waals surface area contributed by atoms with Gasteiger partial charge in [0.25, 0.3) is 0 Å². The highest BCUT2D eigenvalue weighted by Gasteiger charge is 2.28. The van der Waals surface area contributed by atoms with Crippen molar-refractivity contribution in [2.75, 3.05) is 48.5 Å². The zero-order valence-electron chi connectivity index (χ0n) is 24.3. The van der Waals surface area contributed by atoms with E-state index in [1.54, 1.807) is 27.4 Å². The molecule has 8 heteroatoms. The predicted molar refractivity (Wildman–Crippen MR) is 152 cm³/mol. The quantitative estimate of drug-likeness (QED) is 0.401. The first-order valence-corrected chi connectivity index (χ1v) is 13.3. The fourth-order valence-corrected chi connectivity index (χ4v) is 5.48. The summed E-state index contributed by atoms with van der Waals surface area (Å²) in [6, 6.07) is 8.24. The molecule has 1 aromatic carbocycles. The van der Waals surface area contributed by atoms with Crippen molar-refractivity contribution in [2.45, 2.75) is 52.6 Å². The average Bonchev–Trinajstić information content (AvgIpc) is 3.36. The van der Waals surface area contributed by atoms with Crippen LogP contribution in [-0.4, -0.2) is 79.8 Å². The molecule has 2 aromatic heterocycles. The van der Waals surface area contributed by atoms with Crippen molar-refractivity contribution < 1.29 is 24.1 Å². The maximum atomic E-state index is 12.2. The third-order valence-corrected chi connectivity index (χ3v) is 7.59. The largest absolute Gasteiger partial charge is 0.493 e. The van der Waals surface area contributed by atoms with Crippen LogP contribution in [0.15, 0.2) is 30.5 Å². The van der Waals surface area contributed by atoms with E-state index in [1.165, 1.54) is 0 Å². The van der Waals surface area contributed by atoms with E-state index in [-0.39, 0.29) is 6.04 Å². The number of carbonyl (C=O) groups is 1. The number of carboxylic acid groups (broad SMARTS) is 1. The van der Waals surface area contributed by atoms with Gasteiger partial charge in [-0.3, -0.25) is 4.90 Å². The van der Waals surface area contributed by atoms with Crippen molar-refractivity contribution in [1.82, 2.24) is 14.2 Å². The minimum absolute atomic E-state index is 0.0649. The van der Waals surface area contributed by atoms with Crippen LogP contribution >= 0.6 is 0 Å². The zero-order valence-corrected chi connectivity index (χ0v) is 24.3. The van der Waals surface area contributed by atoms with Gasteiger partial charge in [-0.2, -0.15) is 0 Å². The molecule has 0 radical (unpaired) electrons. The summed E-state index contributed by atoms with van der Waals surface area (Å²) in [5.74, 6) is 0.765. The maximum absolute atomic E-state index is 12.2. The molecule has 0 amide bonds. The normalized spacial score (nSPS) is 15.2. The van der Waals surface area contributed by atoms with Crippen LogP contribution in [0.3, 0.4) is 0 Å². The summed E-state index contributed by atoms with van der Waals surface area (Å²) in [5.41, 5.74) is 4.81. The average molecular weight is 526 g/mol. The molecule has 1 aliphatic rings. The fraction of sp³-hybridized carbons (Fsp3) is 0.500. The summed E-state index contributed by atoms with van der Waals surface area (Å²) in [6.45, 7) is 10.1. The molecular formula is C30H43N3O5. The minimum Gasteiger partial charge on any atom is -0.493 e. The number of methoxy groups -OCH3 is 3. The molecule has 8 nitrogen and oxygen atoms in total. The molecule has 0 saturated carbocycles. The number of likely N-dealkylation sites (tertiary alicyclic amines) is 1. The monoisotopic (exact) mass is 525 g/mol. The van der Waals surface area contributed by atoms with E-state index >= 15 is 0 Å². The first kappa shape index (κ1) is 29.3. The molecule has 0 spiro atoms. The molecule has 1 fully saturated rings. The first-order valence-electron chi connectivity index (χ1n) is 13.3. The molecule has 1 saturated heterocycles. The highest BCUT2D eigenvalue weighted by Crippen LogP contribution is 2.42. The molecule has 3 aromatic rings. The molecule has 38 heavy (non-hydrogen) atoms. The van der Waals surface area contributed by atoms with E-state index in [4.69, 9.17) is 14.2 Å². The molecule has 3 heterocycles. The van der Waals surface area contributed by atoms with E-state index < -0.39 is 5.97 Å². The number of fused-ring (bicyclic) bond motifs is 1. The number of aromatic nitrogens is 1. The van der Waals surface area contributed by atoms with E-state index in [1.807, 2.05) is 39.0 Å². The third-order valence-electron chi connectivity index (χ3n) is 7.59. The summed E-state index contributed by atoms with van der Waals surface area (Å²) in [4.78, 5) is 16.9. The number of ether oxygens (including phenoxy) is 3. The summed E-state index contributed by atoms with van der Waals surface area (Å²) in [6.07, 6.45) is 4.27. The van der Waals surface area contributed by atoms with Gasteiger partial charge < -0.3 is 28.6 Å². The van der Waals surface area contributed by atoms with Crippen LogP contribution in [0.25, 0.3) is 16.6 Å². The van der Waals surface area contributed by atoms with Crippen molar-refractivity contribution in [3.63, 3.8) is 0 Å². The van der Waals surface area contributed by atoms with Gasteiger partial charge in [0.15, 0.2) is 11.5 Å². The van der Waals surface area contributed by atoms with Gasteiger partial charge >= 0.3 is 5.97 Å². The Hall–Kier alpha value is -3.23. The summed E-state index contributed by atoms with van der Waals surface area (Å²) < 4.78 is 18.7. The van der Waals surface area contributed by atoms with Gasteiger partial charge in [0.05, 0.1) is 26.9 Å². The lowest BCUT2D eigenvalue weighted by atomic mass is 9.98. The number of rotatable bonds is 8. The second-order valence-corrected chi connectivity index (χ2v) is 9.72. The number of benzene rings is 1. The highest BCUT2D eigenvalue weighted by atomic mass is 16.5. The van der Waals surface area contributed by atoms with Crippen molar-refractivity contribution in [1.29, 1.82) is 0 Å². The number of pyridine rings is 1. The summed E-state index contributed by atoms with van der Waals surface area (Å²) >= 11 is 0. The fourth-order valence-electron chi connectivity index (χ4n) is 5.48. The minimum atomic E-state index is -0.912. The second kappa shape index (κ2) is 12.5. The van der Waals surface area contributed by atoms with Gasteiger partial charge in [-0.05, 0) is 76.2 Å². The van der Waals surface area contributed by atoms with Gasteiger partial charge in [0.1, 0.15) is 0 Å². The van der Waals surface area contributed by atoms with Gasteiger partial charge in [0, 0.05) is 48.1 Å². The van der Waals surface area contributed by atoms with Crippen molar-refractivity contribution >= 4 is 11.5 Å². The van der Waals surface area contributed by atoms with Gasteiger partial charge in [-0.1, -0.05) is 13.8 Å². The van der Waals surface area contributed by atoms with Gasteiger partial charge in [-0.15, -0.1) is 0 Å². The summed E-state index contributed by atoms with van der Waals surface area (Å²) in [7, 11) is 9.05. The highest BCUT2D eigenvalue weighted by molar-refractivity contribution is 5.92. The van der Waals surface area contributed by atoms with Crippen molar-refractivity contribution in [2.24, 2.45) is 0 Å². The lowest BCUT2D eigenvalue weighted by molar-refractivity contribution is 0.0695. The molecule has 1 aliphatic heterocycles. The number of carboxylic acids is 1. The molecule has 1 atom stereocenters. The Morgan fingerprint density at radius 2 is 1.55 bits per heavy atom. The SMILES string of the molecule is CC.COc1cc(-c2cc3cc(C(=O)O)c(C)c(C(C)N4CCC(N(C)C)CC4)n3c2)cc(OC)c1OC. The lowest BCUT2D eigenvalue weighted by Gasteiger charge is -2.39. The second-order valence-electron chi connectivity index (χ2n) is 9.72. The van der Waals surface area contributed by atoms with Crippen LogP contribution in [0.2, 0.25) is 0 Å². The number of hydrogen-bond donors (Lipinski definition) is 1. The first-order chi connectivity index (χ1) is 18.2. The van der Waals surface area contributed by atoms with Crippen LogP contribution in [0, 0.1) is 6.92 Å². The van der Waals surface area contributed by atoms with Crippen LogP contribution in [0.4, 0.5) is 0 Å². The molecule has 4 rings (SSSR count). The number of nitrogens with zero attached hydrogens (tertiary/aromatic N) is 3. The Labute approximate surface area is 226 Å². The van der Waals surface area contributed by atoms with Crippen LogP contribution in [0.5, 0.6) is 17.2 Å². The molecular weight excluding hydrogens is 482 g/mol. The third kappa shape index (κ3) is 5.61. The van der Waals surface area contributed by atoms with Crippen LogP contribution in [0.1, 0.15) is 61.3 Å². The number of piperidine rings is 1. The smallest absolute Gasteiger partial charge is 0.336 e. The Balaban J connectivity index is 0.00000195. The van der Waals surface area contributed by atoms with Gasteiger partial charge in [-0.25, -0.2) is 4.79 Å². The molecule has 0 aliphatic carbocycles. The molecule has 1 N–H and O–H groups in total. The van der Waals surface area contributed by atoms with E-state index in [0.717, 1.165) is 53.8 Å². The number of aromatic carboxylic acids is 1. The Morgan fingerprint density at radius 3 is 2.03 bits per heavy atom. The molecule has 0 bridgehead atoms. The maximum Gasteiger partial charge on any atom is 0.336 e. The van der Waals surface area contributed by atoms with E-state index in [2.05, 4.69) is 41.4 Å². The van der Waals surface area contributed by atoms with Crippen LogP contribution < -0.4 is 14.2 Å². The van der Waals surface area contributed by atoms with E-state index in [0.29, 0.717) is 28.9 Å². The van der Waals surface area contributed by atoms with Crippen molar-refractivity contribution in [3.05, 3.63) is 47.3 Å². The Bertz CT molecular complexity index is 1230. The molecule has 1 unspecified atom stereocenters.